The van der Waals surface area contributed by atoms with E-state index < -0.39 is 5.82 Å². The summed E-state index contributed by atoms with van der Waals surface area (Å²) in [5.74, 6) is -0.712. The highest BCUT2D eigenvalue weighted by Gasteiger charge is 2.21. The quantitative estimate of drug-likeness (QED) is 0.734. The molecule has 0 aromatic heterocycles. The van der Waals surface area contributed by atoms with E-state index in [0.29, 0.717) is 26.3 Å². The highest BCUT2D eigenvalue weighted by atomic mass is 127. The third-order valence-electron chi connectivity index (χ3n) is 2.46. The van der Waals surface area contributed by atoms with E-state index in [1.807, 2.05) is 0 Å². The van der Waals surface area contributed by atoms with Crippen molar-refractivity contribution in [3.8, 4) is 0 Å². The van der Waals surface area contributed by atoms with Crippen LogP contribution < -0.4 is 0 Å². The van der Waals surface area contributed by atoms with Crippen LogP contribution in [0.3, 0.4) is 0 Å². The zero-order chi connectivity index (χ0) is 11.5. The summed E-state index contributed by atoms with van der Waals surface area (Å²) in [6.45, 7) is 2.11. The van der Waals surface area contributed by atoms with Crippen LogP contribution in [0.15, 0.2) is 18.2 Å². The molecule has 2 rings (SSSR count). The summed E-state index contributed by atoms with van der Waals surface area (Å²) in [4.78, 5) is 13.6. The van der Waals surface area contributed by atoms with Gasteiger partial charge in [-0.2, -0.15) is 0 Å². The Balaban J connectivity index is 2.22. The molecule has 1 fully saturated rings. The van der Waals surface area contributed by atoms with Crippen molar-refractivity contribution < 1.29 is 13.9 Å². The summed E-state index contributed by atoms with van der Waals surface area (Å²) in [5.41, 5.74) is 0.147. The Morgan fingerprint density at radius 2 is 2.06 bits per heavy atom. The van der Waals surface area contributed by atoms with E-state index in [2.05, 4.69) is 22.6 Å². The maximum atomic E-state index is 13.5. The lowest BCUT2D eigenvalue weighted by Gasteiger charge is -2.27. The molecule has 0 unspecified atom stereocenters. The molecule has 1 amide bonds. The molecule has 1 aliphatic heterocycles. The van der Waals surface area contributed by atoms with Crippen LogP contribution in [0.1, 0.15) is 10.4 Å². The van der Waals surface area contributed by atoms with E-state index in [1.165, 1.54) is 6.07 Å². The first-order chi connectivity index (χ1) is 7.68. The Morgan fingerprint density at radius 1 is 1.38 bits per heavy atom. The third-order valence-corrected chi connectivity index (χ3v) is 3.13. The van der Waals surface area contributed by atoms with Gasteiger partial charge in [-0.05, 0) is 40.8 Å². The largest absolute Gasteiger partial charge is 0.378 e. The number of nitrogens with zero attached hydrogens (tertiary/aromatic N) is 1. The monoisotopic (exact) mass is 335 g/mol. The summed E-state index contributed by atoms with van der Waals surface area (Å²) in [7, 11) is 0. The predicted octanol–water partition coefficient (Wildman–Crippen LogP) is 1.90. The van der Waals surface area contributed by atoms with Crippen LogP contribution in [-0.2, 0) is 4.74 Å². The summed E-state index contributed by atoms with van der Waals surface area (Å²) in [6, 6.07) is 4.55. The van der Waals surface area contributed by atoms with Crippen molar-refractivity contribution in [1.29, 1.82) is 0 Å². The predicted molar refractivity (Wildman–Crippen MR) is 65.8 cm³/mol. The third kappa shape index (κ3) is 2.52. The van der Waals surface area contributed by atoms with Crippen molar-refractivity contribution in [2.45, 2.75) is 0 Å². The first-order valence-electron chi connectivity index (χ1n) is 5.00. The van der Waals surface area contributed by atoms with Gasteiger partial charge in [-0.15, -0.1) is 0 Å². The molecule has 1 aliphatic rings. The molecule has 1 aromatic carbocycles. The minimum atomic E-state index is -0.461. The van der Waals surface area contributed by atoms with E-state index in [0.717, 1.165) is 3.57 Å². The summed E-state index contributed by atoms with van der Waals surface area (Å²) in [5, 5.41) is 0. The van der Waals surface area contributed by atoms with E-state index >= 15 is 0 Å². The van der Waals surface area contributed by atoms with Crippen molar-refractivity contribution in [3.63, 3.8) is 0 Å². The van der Waals surface area contributed by atoms with Gasteiger partial charge in [-0.25, -0.2) is 4.39 Å². The van der Waals surface area contributed by atoms with Crippen molar-refractivity contribution in [2.75, 3.05) is 26.3 Å². The Bertz CT molecular complexity index is 405. The van der Waals surface area contributed by atoms with Crippen molar-refractivity contribution >= 4 is 28.5 Å². The standard InChI is InChI=1S/C11H11FINO2/c12-10-2-1-8(13)7-9(10)11(15)14-3-5-16-6-4-14/h1-2,7H,3-6H2. The molecular formula is C11H11FINO2. The Hall–Kier alpha value is -0.690. The van der Waals surface area contributed by atoms with Gasteiger partial charge in [0.05, 0.1) is 18.8 Å². The Labute approximate surface area is 107 Å². The minimum absolute atomic E-state index is 0.147. The summed E-state index contributed by atoms with van der Waals surface area (Å²) in [6.07, 6.45) is 0. The molecule has 0 N–H and O–H groups in total. The zero-order valence-corrected chi connectivity index (χ0v) is 10.7. The number of carbonyl (C=O) groups is 1. The second-order valence-corrected chi connectivity index (χ2v) is 4.77. The highest BCUT2D eigenvalue weighted by Crippen LogP contribution is 2.15. The molecule has 0 saturated carbocycles. The number of amides is 1. The van der Waals surface area contributed by atoms with E-state index in [1.54, 1.807) is 17.0 Å². The molecule has 0 bridgehead atoms. The van der Waals surface area contributed by atoms with Gasteiger partial charge in [0.25, 0.3) is 5.91 Å². The lowest BCUT2D eigenvalue weighted by molar-refractivity contribution is 0.0300. The molecule has 0 aliphatic carbocycles. The molecule has 3 nitrogen and oxygen atoms in total. The van der Waals surface area contributed by atoms with Gasteiger partial charge in [0.2, 0.25) is 0 Å². The average Bonchev–Trinajstić information content (AvgIpc) is 2.32. The molecule has 0 radical (unpaired) electrons. The van der Waals surface area contributed by atoms with Gasteiger partial charge in [-0.3, -0.25) is 4.79 Å². The van der Waals surface area contributed by atoms with Gasteiger partial charge in [0.1, 0.15) is 5.82 Å². The van der Waals surface area contributed by atoms with Crippen LogP contribution >= 0.6 is 22.6 Å². The number of benzene rings is 1. The van der Waals surface area contributed by atoms with Crippen molar-refractivity contribution in [2.24, 2.45) is 0 Å². The number of halogens is 2. The summed E-state index contributed by atoms with van der Waals surface area (Å²) >= 11 is 2.06. The molecular weight excluding hydrogens is 324 g/mol. The molecule has 86 valence electrons. The fourth-order valence-corrected chi connectivity index (χ4v) is 2.09. The second-order valence-electron chi connectivity index (χ2n) is 3.53. The van der Waals surface area contributed by atoms with Crippen LogP contribution in [0.4, 0.5) is 4.39 Å². The van der Waals surface area contributed by atoms with E-state index in [-0.39, 0.29) is 11.5 Å². The minimum Gasteiger partial charge on any atom is -0.378 e. The molecule has 16 heavy (non-hydrogen) atoms. The van der Waals surface area contributed by atoms with E-state index in [9.17, 15) is 9.18 Å². The molecule has 1 saturated heterocycles. The molecule has 0 atom stereocenters. The fourth-order valence-electron chi connectivity index (χ4n) is 1.60. The van der Waals surface area contributed by atoms with Gasteiger partial charge in [0, 0.05) is 16.7 Å². The van der Waals surface area contributed by atoms with E-state index in [4.69, 9.17) is 4.74 Å². The maximum absolute atomic E-state index is 13.5. The highest BCUT2D eigenvalue weighted by molar-refractivity contribution is 14.1. The Kier molecular flexibility index (Phi) is 3.75. The fraction of sp³-hybridized carbons (Fsp3) is 0.364. The Morgan fingerprint density at radius 3 is 2.75 bits per heavy atom. The first kappa shape index (κ1) is 11.8. The lowest BCUT2D eigenvalue weighted by atomic mass is 10.2. The SMILES string of the molecule is O=C(c1cc(I)ccc1F)N1CCOCC1. The van der Waals surface area contributed by atoms with Crippen molar-refractivity contribution in [1.82, 2.24) is 4.90 Å². The van der Waals surface area contributed by atoms with Crippen molar-refractivity contribution in [3.05, 3.63) is 33.1 Å². The maximum Gasteiger partial charge on any atom is 0.257 e. The van der Waals surface area contributed by atoms with Crippen LogP contribution in [-0.4, -0.2) is 37.1 Å². The number of ether oxygens (including phenoxy) is 1. The van der Waals surface area contributed by atoms with Crippen LogP contribution in [0.25, 0.3) is 0 Å². The first-order valence-corrected chi connectivity index (χ1v) is 6.08. The van der Waals surface area contributed by atoms with Gasteiger partial charge < -0.3 is 9.64 Å². The lowest BCUT2D eigenvalue weighted by Crippen LogP contribution is -2.41. The average molecular weight is 335 g/mol. The van der Waals surface area contributed by atoms with Crippen LogP contribution in [0.5, 0.6) is 0 Å². The number of hydrogen-bond acceptors (Lipinski definition) is 2. The summed E-state index contributed by atoms with van der Waals surface area (Å²) < 4.78 is 19.5. The number of morpholine rings is 1. The zero-order valence-electron chi connectivity index (χ0n) is 8.58. The topological polar surface area (TPSA) is 29.5 Å². The van der Waals surface area contributed by atoms with Gasteiger partial charge >= 0.3 is 0 Å². The molecule has 0 spiro atoms. The van der Waals surface area contributed by atoms with Crippen LogP contribution in [0, 0.1) is 9.39 Å². The second kappa shape index (κ2) is 5.09. The molecule has 5 heteroatoms. The smallest absolute Gasteiger partial charge is 0.257 e. The number of carbonyl (C=O) groups excluding carboxylic acids is 1. The molecule has 1 heterocycles. The van der Waals surface area contributed by atoms with Gasteiger partial charge in [-0.1, -0.05) is 0 Å². The number of hydrogen-bond donors (Lipinski definition) is 0. The van der Waals surface area contributed by atoms with Crippen LogP contribution in [0.2, 0.25) is 0 Å². The number of rotatable bonds is 1. The molecule has 1 aromatic rings. The normalized spacial score (nSPS) is 16.2. The van der Waals surface area contributed by atoms with Gasteiger partial charge in [0.15, 0.2) is 0 Å².